The van der Waals surface area contributed by atoms with Gasteiger partial charge in [0.15, 0.2) is 0 Å². The molecule has 28 heavy (non-hydrogen) atoms. The number of piperazine rings is 1. The number of carbonyl (C=O) groups excluding carboxylic acids is 1. The number of rotatable bonds is 6. The zero-order valence-corrected chi connectivity index (χ0v) is 17.3. The second-order valence-corrected chi connectivity index (χ2v) is 7.26. The summed E-state index contributed by atoms with van der Waals surface area (Å²) in [6, 6.07) is 16.8. The first-order chi connectivity index (χ1) is 13.6. The van der Waals surface area contributed by atoms with Gasteiger partial charge in [0.25, 0.3) is 0 Å². The van der Waals surface area contributed by atoms with Crippen molar-refractivity contribution in [1.82, 2.24) is 10.2 Å². The Labute approximate surface area is 168 Å². The molecule has 1 heterocycles. The van der Waals surface area contributed by atoms with E-state index in [2.05, 4.69) is 54.1 Å². The van der Waals surface area contributed by atoms with Crippen LogP contribution in [0, 0.1) is 6.92 Å². The summed E-state index contributed by atoms with van der Waals surface area (Å²) in [6.45, 7) is 12.4. The highest BCUT2D eigenvalue weighted by atomic mass is 16.2. The summed E-state index contributed by atoms with van der Waals surface area (Å²) in [7, 11) is 0. The highest BCUT2D eigenvalue weighted by Crippen LogP contribution is 2.26. The minimum absolute atomic E-state index is 0.0251. The molecule has 0 bridgehead atoms. The van der Waals surface area contributed by atoms with Gasteiger partial charge in [0.2, 0.25) is 0 Å². The summed E-state index contributed by atoms with van der Waals surface area (Å²) >= 11 is 0. The number of amides is 2. The molecule has 0 spiro atoms. The average molecular weight is 381 g/mol. The van der Waals surface area contributed by atoms with Crippen molar-refractivity contribution in [3.8, 4) is 0 Å². The first-order valence-electron chi connectivity index (χ1n) is 10.3. The Balaban J connectivity index is 1.54. The van der Waals surface area contributed by atoms with Crippen LogP contribution < -0.4 is 15.1 Å². The van der Waals surface area contributed by atoms with Gasteiger partial charge < -0.3 is 20.0 Å². The fraction of sp³-hybridized carbons (Fsp3) is 0.435. The van der Waals surface area contributed by atoms with Crippen LogP contribution in [0.15, 0.2) is 48.5 Å². The van der Waals surface area contributed by atoms with Crippen LogP contribution in [-0.4, -0.2) is 50.2 Å². The number of aryl methyl sites for hydroxylation is 1. The number of nitrogens with one attached hydrogen (secondary N) is 1. The van der Waals surface area contributed by atoms with E-state index in [-0.39, 0.29) is 6.03 Å². The van der Waals surface area contributed by atoms with Crippen LogP contribution in [0.4, 0.5) is 16.2 Å². The average Bonchev–Trinajstić information content (AvgIpc) is 2.74. The molecule has 0 aliphatic carbocycles. The Bertz CT molecular complexity index is 765. The third-order valence-electron chi connectivity index (χ3n) is 5.50. The number of hydrogen-bond acceptors (Lipinski definition) is 3. The summed E-state index contributed by atoms with van der Waals surface area (Å²) in [5.41, 5.74) is 4.98. The van der Waals surface area contributed by atoms with Crippen LogP contribution in [0.2, 0.25) is 0 Å². The van der Waals surface area contributed by atoms with Crippen molar-refractivity contribution in [3.63, 3.8) is 0 Å². The van der Waals surface area contributed by atoms with E-state index in [0.717, 1.165) is 44.8 Å². The smallest absolute Gasteiger partial charge is 0.317 e. The van der Waals surface area contributed by atoms with Crippen LogP contribution in [0.25, 0.3) is 0 Å². The van der Waals surface area contributed by atoms with Gasteiger partial charge in [0.1, 0.15) is 0 Å². The summed E-state index contributed by atoms with van der Waals surface area (Å²) in [6.07, 6.45) is 0. The number of nitrogens with zero attached hydrogens (tertiary/aromatic N) is 3. The van der Waals surface area contributed by atoms with Gasteiger partial charge in [-0.2, -0.15) is 0 Å². The minimum Gasteiger partial charge on any atom is -0.372 e. The molecular weight excluding hydrogens is 348 g/mol. The molecule has 1 aliphatic rings. The number of carbonyl (C=O) groups is 1. The Morgan fingerprint density at radius 1 is 1.00 bits per heavy atom. The first kappa shape index (κ1) is 20.1. The van der Waals surface area contributed by atoms with E-state index in [4.69, 9.17) is 0 Å². The highest BCUT2D eigenvalue weighted by molar-refractivity contribution is 5.74. The van der Waals surface area contributed by atoms with Crippen molar-refractivity contribution < 1.29 is 4.79 Å². The maximum Gasteiger partial charge on any atom is 0.317 e. The van der Waals surface area contributed by atoms with Crippen molar-refractivity contribution in [2.75, 3.05) is 49.1 Å². The molecule has 0 radical (unpaired) electrons. The number of urea groups is 1. The molecule has 150 valence electrons. The zero-order valence-electron chi connectivity index (χ0n) is 17.3. The Morgan fingerprint density at radius 3 is 2.29 bits per heavy atom. The molecule has 1 saturated heterocycles. The van der Waals surface area contributed by atoms with Crippen molar-refractivity contribution in [3.05, 3.63) is 59.7 Å². The predicted octanol–water partition coefficient (Wildman–Crippen LogP) is 3.87. The van der Waals surface area contributed by atoms with Crippen LogP contribution in [0.1, 0.15) is 25.0 Å². The third kappa shape index (κ3) is 4.77. The fourth-order valence-corrected chi connectivity index (χ4v) is 3.82. The topological polar surface area (TPSA) is 38.8 Å². The lowest BCUT2D eigenvalue weighted by molar-refractivity contribution is 0.194. The monoisotopic (exact) mass is 380 g/mol. The van der Waals surface area contributed by atoms with Crippen LogP contribution in [0.5, 0.6) is 0 Å². The van der Waals surface area contributed by atoms with E-state index < -0.39 is 0 Å². The molecule has 2 aromatic rings. The van der Waals surface area contributed by atoms with Gasteiger partial charge in [-0.05, 0) is 50.1 Å². The standard InChI is InChI=1S/C23H32N4O/c1-4-25(5-2)21-11-12-22(19(3)17-21)26-13-15-27(16-14-26)23(28)24-18-20-9-7-6-8-10-20/h6-12,17H,4-5,13-16,18H2,1-3H3,(H,24,28). The lowest BCUT2D eigenvalue weighted by Gasteiger charge is -2.37. The van der Waals surface area contributed by atoms with Gasteiger partial charge in [-0.15, -0.1) is 0 Å². The zero-order chi connectivity index (χ0) is 19.9. The molecule has 1 fully saturated rings. The number of anilines is 2. The van der Waals surface area contributed by atoms with Crippen molar-refractivity contribution >= 4 is 17.4 Å². The lowest BCUT2D eigenvalue weighted by atomic mass is 10.1. The van der Waals surface area contributed by atoms with E-state index in [1.54, 1.807) is 0 Å². The molecule has 3 rings (SSSR count). The van der Waals surface area contributed by atoms with E-state index >= 15 is 0 Å². The van der Waals surface area contributed by atoms with Crippen LogP contribution >= 0.6 is 0 Å². The molecule has 5 heteroatoms. The Morgan fingerprint density at radius 2 is 1.68 bits per heavy atom. The number of hydrogen-bond donors (Lipinski definition) is 1. The molecule has 0 unspecified atom stereocenters. The van der Waals surface area contributed by atoms with Gasteiger partial charge in [0, 0.05) is 57.2 Å². The van der Waals surface area contributed by atoms with Gasteiger partial charge in [0.05, 0.1) is 0 Å². The van der Waals surface area contributed by atoms with Gasteiger partial charge in [-0.3, -0.25) is 0 Å². The summed E-state index contributed by atoms with van der Waals surface area (Å²) in [5, 5.41) is 3.03. The van der Waals surface area contributed by atoms with Crippen molar-refractivity contribution in [2.45, 2.75) is 27.3 Å². The highest BCUT2D eigenvalue weighted by Gasteiger charge is 2.22. The summed E-state index contributed by atoms with van der Waals surface area (Å²) in [5.74, 6) is 0. The fourth-order valence-electron chi connectivity index (χ4n) is 3.82. The quantitative estimate of drug-likeness (QED) is 0.827. The second kappa shape index (κ2) is 9.49. The maximum atomic E-state index is 12.5. The number of benzene rings is 2. The molecule has 0 aromatic heterocycles. The van der Waals surface area contributed by atoms with E-state index in [1.165, 1.54) is 16.9 Å². The SMILES string of the molecule is CCN(CC)c1ccc(N2CCN(C(=O)NCc3ccccc3)CC2)c(C)c1. The molecule has 2 amide bonds. The molecule has 2 aromatic carbocycles. The summed E-state index contributed by atoms with van der Waals surface area (Å²) < 4.78 is 0. The molecular formula is C23H32N4O. The van der Waals surface area contributed by atoms with Crippen LogP contribution in [0.3, 0.4) is 0 Å². The minimum atomic E-state index is 0.0251. The van der Waals surface area contributed by atoms with Gasteiger partial charge >= 0.3 is 6.03 Å². The Hall–Kier alpha value is -2.69. The first-order valence-corrected chi connectivity index (χ1v) is 10.3. The van der Waals surface area contributed by atoms with E-state index in [0.29, 0.717) is 6.54 Å². The van der Waals surface area contributed by atoms with Gasteiger partial charge in [-0.25, -0.2) is 4.79 Å². The van der Waals surface area contributed by atoms with E-state index in [9.17, 15) is 4.79 Å². The predicted molar refractivity (Wildman–Crippen MR) is 117 cm³/mol. The van der Waals surface area contributed by atoms with Crippen molar-refractivity contribution in [1.29, 1.82) is 0 Å². The third-order valence-corrected chi connectivity index (χ3v) is 5.50. The van der Waals surface area contributed by atoms with Crippen molar-refractivity contribution in [2.24, 2.45) is 0 Å². The lowest BCUT2D eigenvalue weighted by Crippen LogP contribution is -2.51. The largest absolute Gasteiger partial charge is 0.372 e. The molecule has 0 saturated carbocycles. The maximum absolute atomic E-state index is 12.5. The van der Waals surface area contributed by atoms with Gasteiger partial charge in [-0.1, -0.05) is 30.3 Å². The molecule has 5 nitrogen and oxygen atoms in total. The summed E-state index contributed by atoms with van der Waals surface area (Å²) in [4.78, 5) is 19.1. The normalized spacial score (nSPS) is 14.1. The van der Waals surface area contributed by atoms with Crippen LogP contribution in [-0.2, 0) is 6.54 Å². The molecule has 0 atom stereocenters. The molecule has 1 N–H and O–H groups in total. The van der Waals surface area contributed by atoms with E-state index in [1.807, 2.05) is 35.2 Å². The Kier molecular flexibility index (Phi) is 6.80. The molecule has 1 aliphatic heterocycles. The second-order valence-electron chi connectivity index (χ2n) is 7.26.